The summed E-state index contributed by atoms with van der Waals surface area (Å²) in [5.41, 5.74) is 8.68. The van der Waals surface area contributed by atoms with Crippen molar-refractivity contribution >= 4 is 5.69 Å². The van der Waals surface area contributed by atoms with E-state index >= 15 is 0 Å². The third-order valence-corrected chi connectivity index (χ3v) is 4.20. The van der Waals surface area contributed by atoms with Gasteiger partial charge in [-0.1, -0.05) is 35.9 Å². The maximum absolute atomic E-state index is 13.9. The third kappa shape index (κ3) is 3.42. The van der Waals surface area contributed by atoms with E-state index in [0.29, 0.717) is 18.5 Å². The standard InChI is InChI=1S/C18H23FN2/c1-14-8-10-16(11-9-14)21(3)18(2,13-20)12-15-6-4-5-7-17(15)19/h4-11H,12-13,20H2,1-3H3. The van der Waals surface area contributed by atoms with Gasteiger partial charge < -0.3 is 10.6 Å². The van der Waals surface area contributed by atoms with Gasteiger partial charge in [-0.2, -0.15) is 0 Å². The molecular weight excluding hydrogens is 263 g/mol. The van der Waals surface area contributed by atoms with Crippen molar-refractivity contribution in [1.82, 2.24) is 0 Å². The summed E-state index contributed by atoms with van der Waals surface area (Å²) >= 11 is 0. The number of nitrogens with two attached hydrogens (primary N) is 1. The summed E-state index contributed by atoms with van der Waals surface area (Å²) in [6.07, 6.45) is 0.570. The fourth-order valence-electron chi connectivity index (χ4n) is 2.46. The molecule has 3 heteroatoms. The summed E-state index contributed by atoms with van der Waals surface area (Å²) in [5.74, 6) is -0.172. The first-order valence-electron chi connectivity index (χ1n) is 7.20. The molecule has 0 aromatic heterocycles. The molecule has 0 aliphatic carbocycles. The van der Waals surface area contributed by atoms with Gasteiger partial charge in [-0.15, -0.1) is 0 Å². The van der Waals surface area contributed by atoms with Gasteiger partial charge in [-0.25, -0.2) is 4.39 Å². The summed E-state index contributed by atoms with van der Waals surface area (Å²) in [6, 6.07) is 15.2. The highest BCUT2D eigenvalue weighted by atomic mass is 19.1. The molecule has 112 valence electrons. The molecule has 2 rings (SSSR count). The average molecular weight is 286 g/mol. The Hall–Kier alpha value is -1.87. The fraction of sp³-hybridized carbons (Fsp3) is 0.333. The largest absolute Gasteiger partial charge is 0.368 e. The number of aryl methyl sites for hydroxylation is 1. The second kappa shape index (κ2) is 6.27. The summed E-state index contributed by atoms with van der Waals surface area (Å²) in [5, 5.41) is 0. The van der Waals surface area contributed by atoms with Crippen LogP contribution in [-0.4, -0.2) is 19.1 Å². The highest BCUT2D eigenvalue weighted by molar-refractivity contribution is 5.50. The van der Waals surface area contributed by atoms with Crippen LogP contribution in [0.3, 0.4) is 0 Å². The fourth-order valence-corrected chi connectivity index (χ4v) is 2.46. The van der Waals surface area contributed by atoms with Gasteiger partial charge in [0.1, 0.15) is 5.82 Å². The van der Waals surface area contributed by atoms with E-state index in [1.165, 1.54) is 11.6 Å². The molecule has 0 aliphatic rings. The Kier molecular flexibility index (Phi) is 4.63. The zero-order chi connectivity index (χ0) is 15.5. The van der Waals surface area contributed by atoms with Crippen molar-refractivity contribution in [3.8, 4) is 0 Å². The van der Waals surface area contributed by atoms with Crippen molar-refractivity contribution in [2.24, 2.45) is 5.73 Å². The second-order valence-electron chi connectivity index (χ2n) is 5.86. The SMILES string of the molecule is Cc1ccc(N(C)C(C)(CN)Cc2ccccc2F)cc1. The molecule has 0 fully saturated rings. The van der Waals surface area contributed by atoms with Crippen LogP contribution in [0, 0.1) is 12.7 Å². The molecule has 0 saturated carbocycles. The van der Waals surface area contributed by atoms with Crippen LogP contribution in [0.2, 0.25) is 0 Å². The van der Waals surface area contributed by atoms with Crippen LogP contribution in [0.25, 0.3) is 0 Å². The molecular formula is C18H23FN2. The average Bonchev–Trinajstić information content (AvgIpc) is 2.49. The number of hydrogen-bond donors (Lipinski definition) is 1. The first kappa shape index (κ1) is 15.5. The smallest absolute Gasteiger partial charge is 0.126 e. The van der Waals surface area contributed by atoms with E-state index in [-0.39, 0.29) is 11.4 Å². The monoisotopic (exact) mass is 286 g/mol. The van der Waals surface area contributed by atoms with E-state index in [2.05, 4.69) is 43.0 Å². The normalized spacial score (nSPS) is 13.8. The van der Waals surface area contributed by atoms with Crippen LogP contribution in [0.1, 0.15) is 18.1 Å². The number of benzene rings is 2. The van der Waals surface area contributed by atoms with Crippen LogP contribution in [-0.2, 0) is 6.42 Å². The first-order chi connectivity index (χ1) is 9.96. The van der Waals surface area contributed by atoms with Gasteiger partial charge in [0.15, 0.2) is 0 Å². The van der Waals surface area contributed by atoms with Crippen molar-refractivity contribution in [3.05, 3.63) is 65.5 Å². The lowest BCUT2D eigenvalue weighted by molar-refractivity contribution is 0.440. The van der Waals surface area contributed by atoms with E-state index in [9.17, 15) is 4.39 Å². The van der Waals surface area contributed by atoms with E-state index < -0.39 is 0 Å². The molecule has 0 saturated heterocycles. The Morgan fingerprint density at radius 3 is 2.29 bits per heavy atom. The third-order valence-electron chi connectivity index (χ3n) is 4.20. The Morgan fingerprint density at radius 2 is 1.71 bits per heavy atom. The van der Waals surface area contributed by atoms with Gasteiger partial charge in [0, 0.05) is 19.3 Å². The van der Waals surface area contributed by atoms with E-state index in [1.807, 2.05) is 19.2 Å². The van der Waals surface area contributed by atoms with Gasteiger partial charge in [0.05, 0.1) is 5.54 Å². The molecule has 0 amide bonds. The Balaban J connectivity index is 2.28. The minimum Gasteiger partial charge on any atom is -0.368 e. The maximum Gasteiger partial charge on any atom is 0.126 e. The molecule has 1 atom stereocenters. The summed E-state index contributed by atoms with van der Waals surface area (Å²) in [4.78, 5) is 2.14. The van der Waals surface area contributed by atoms with Gasteiger partial charge >= 0.3 is 0 Å². The number of likely N-dealkylation sites (N-methyl/N-ethyl adjacent to an activating group) is 1. The Morgan fingerprint density at radius 1 is 1.10 bits per heavy atom. The molecule has 0 spiro atoms. The van der Waals surface area contributed by atoms with E-state index in [4.69, 9.17) is 5.73 Å². The highest BCUT2D eigenvalue weighted by Gasteiger charge is 2.29. The van der Waals surface area contributed by atoms with Gasteiger partial charge in [0.25, 0.3) is 0 Å². The lowest BCUT2D eigenvalue weighted by Crippen LogP contribution is -2.51. The van der Waals surface area contributed by atoms with Crippen LogP contribution < -0.4 is 10.6 Å². The van der Waals surface area contributed by atoms with Crippen LogP contribution >= 0.6 is 0 Å². The van der Waals surface area contributed by atoms with Crippen LogP contribution in [0.15, 0.2) is 48.5 Å². The summed E-state index contributed by atoms with van der Waals surface area (Å²) in [7, 11) is 2.01. The number of anilines is 1. The minimum absolute atomic E-state index is 0.172. The number of nitrogens with zero attached hydrogens (tertiary/aromatic N) is 1. The van der Waals surface area contributed by atoms with Crippen molar-refractivity contribution in [1.29, 1.82) is 0 Å². The Labute approximate surface area is 126 Å². The molecule has 0 heterocycles. The topological polar surface area (TPSA) is 29.3 Å². The molecule has 2 aromatic rings. The quantitative estimate of drug-likeness (QED) is 0.911. The lowest BCUT2D eigenvalue weighted by Gasteiger charge is -2.40. The zero-order valence-electron chi connectivity index (χ0n) is 12.9. The highest BCUT2D eigenvalue weighted by Crippen LogP contribution is 2.26. The first-order valence-corrected chi connectivity index (χ1v) is 7.20. The van der Waals surface area contributed by atoms with Crippen LogP contribution in [0.4, 0.5) is 10.1 Å². The van der Waals surface area contributed by atoms with Crippen molar-refractivity contribution in [2.75, 3.05) is 18.5 Å². The van der Waals surface area contributed by atoms with Crippen molar-refractivity contribution in [2.45, 2.75) is 25.8 Å². The van der Waals surface area contributed by atoms with E-state index in [0.717, 1.165) is 5.69 Å². The molecule has 0 radical (unpaired) electrons. The van der Waals surface area contributed by atoms with Crippen molar-refractivity contribution < 1.29 is 4.39 Å². The molecule has 0 aliphatic heterocycles. The predicted molar refractivity (Wildman–Crippen MR) is 87.1 cm³/mol. The summed E-state index contributed by atoms with van der Waals surface area (Å²) in [6.45, 7) is 4.58. The molecule has 2 aromatic carbocycles. The maximum atomic E-state index is 13.9. The molecule has 21 heavy (non-hydrogen) atoms. The molecule has 1 unspecified atom stereocenters. The van der Waals surface area contributed by atoms with E-state index in [1.54, 1.807) is 6.07 Å². The van der Waals surface area contributed by atoms with Gasteiger partial charge in [-0.05, 0) is 44.0 Å². The summed E-state index contributed by atoms with van der Waals surface area (Å²) < 4.78 is 13.9. The number of rotatable bonds is 5. The Bertz CT molecular complexity index is 594. The molecule has 0 bridgehead atoms. The number of halogens is 1. The van der Waals surface area contributed by atoms with Crippen molar-refractivity contribution in [3.63, 3.8) is 0 Å². The van der Waals surface area contributed by atoms with Gasteiger partial charge in [0.2, 0.25) is 0 Å². The second-order valence-corrected chi connectivity index (χ2v) is 5.86. The number of hydrogen-bond acceptors (Lipinski definition) is 2. The predicted octanol–water partition coefficient (Wildman–Crippen LogP) is 3.53. The zero-order valence-corrected chi connectivity index (χ0v) is 12.9. The molecule has 2 nitrogen and oxygen atoms in total. The van der Waals surface area contributed by atoms with Gasteiger partial charge in [-0.3, -0.25) is 0 Å². The minimum atomic E-state index is -0.336. The lowest BCUT2D eigenvalue weighted by atomic mass is 9.90. The molecule has 2 N–H and O–H groups in total. The van der Waals surface area contributed by atoms with Crippen LogP contribution in [0.5, 0.6) is 0 Å².